The van der Waals surface area contributed by atoms with Gasteiger partial charge in [0.1, 0.15) is 5.82 Å². The third kappa shape index (κ3) is 2.20. The lowest BCUT2D eigenvalue weighted by atomic mass is 10.2. The molecule has 1 aromatic rings. The number of halogens is 1. The molecule has 94 valence electrons. The van der Waals surface area contributed by atoms with E-state index in [9.17, 15) is 12.8 Å². The number of hydrogen-bond acceptors (Lipinski definition) is 3. The van der Waals surface area contributed by atoms with Crippen molar-refractivity contribution in [3.8, 4) is 0 Å². The van der Waals surface area contributed by atoms with Crippen LogP contribution in [0.4, 0.5) is 4.39 Å². The molecule has 1 aliphatic carbocycles. The molecular formula is C11H15FN2O2S. The van der Waals surface area contributed by atoms with E-state index >= 15 is 0 Å². The molecule has 17 heavy (non-hydrogen) atoms. The average Bonchev–Trinajstić information content (AvgIpc) is 3.11. The fourth-order valence-electron chi connectivity index (χ4n) is 1.77. The lowest BCUT2D eigenvalue weighted by Crippen LogP contribution is -2.30. The number of nitrogens with zero attached hydrogens (tertiary/aromatic N) is 1. The van der Waals surface area contributed by atoms with E-state index in [2.05, 4.69) is 0 Å². The van der Waals surface area contributed by atoms with Gasteiger partial charge in [0.15, 0.2) is 0 Å². The van der Waals surface area contributed by atoms with Crippen LogP contribution in [0.1, 0.15) is 18.4 Å². The highest BCUT2D eigenvalue weighted by atomic mass is 32.2. The van der Waals surface area contributed by atoms with Crippen molar-refractivity contribution in [1.82, 2.24) is 4.31 Å². The smallest absolute Gasteiger partial charge is 0.243 e. The molecule has 0 radical (unpaired) electrons. The Morgan fingerprint density at radius 1 is 1.47 bits per heavy atom. The molecule has 0 aromatic heterocycles. The van der Waals surface area contributed by atoms with Gasteiger partial charge in [-0.3, -0.25) is 0 Å². The highest BCUT2D eigenvalue weighted by molar-refractivity contribution is 7.89. The molecule has 0 atom stereocenters. The van der Waals surface area contributed by atoms with Crippen LogP contribution in [-0.2, 0) is 16.6 Å². The van der Waals surface area contributed by atoms with Crippen molar-refractivity contribution in [3.63, 3.8) is 0 Å². The summed E-state index contributed by atoms with van der Waals surface area (Å²) in [5.74, 6) is -0.572. The molecule has 0 spiro atoms. The number of sulfonamides is 1. The lowest BCUT2D eigenvalue weighted by molar-refractivity contribution is 0.462. The van der Waals surface area contributed by atoms with Crippen molar-refractivity contribution in [1.29, 1.82) is 0 Å². The van der Waals surface area contributed by atoms with E-state index in [4.69, 9.17) is 5.73 Å². The van der Waals surface area contributed by atoms with Gasteiger partial charge in [-0.05, 0) is 25.0 Å². The molecule has 1 aliphatic rings. The highest BCUT2D eigenvalue weighted by Crippen LogP contribution is 2.31. The summed E-state index contributed by atoms with van der Waals surface area (Å²) in [5, 5.41) is 0. The van der Waals surface area contributed by atoms with Gasteiger partial charge in [-0.25, -0.2) is 12.8 Å². The standard InChI is InChI=1S/C11H15FN2O2S/c1-14(8-5-6-8)17(15,16)11-4-2-3-10(12)9(11)7-13/h2-4,8H,5-7,13H2,1H3. The SMILES string of the molecule is CN(C1CC1)S(=O)(=O)c1cccc(F)c1CN. The summed E-state index contributed by atoms with van der Waals surface area (Å²) in [5.41, 5.74) is 5.47. The van der Waals surface area contributed by atoms with Gasteiger partial charge >= 0.3 is 0 Å². The molecule has 1 saturated carbocycles. The molecule has 0 amide bonds. The minimum atomic E-state index is -3.63. The Labute approximate surface area is 100 Å². The monoisotopic (exact) mass is 258 g/mol. The van der Waals surface area contributed by atoms with Crippen LogP contribution in [0.25, 0.3) is 0 Å². The maximum Gasteiger partial charge on any atom is 0.243 e. The fraction of sp³-hybridized carbons (Fsp3) is 0.455. The summed E-state index contributed by atoms with van der Waals surface area (Å²) in [4.78, 5) is -0.0191. The van der Waals surface area contributed by atoms with Gasteiger partial charge in [0.25, 0.3) is 0 Å². The van der Waals surface area contributed by atoms with Gasteiger partial charge < -0.3 is 5.73 Å². The second-order valence-corrected chi connectivity index (χ2v) is 6.14. The Morgan fingerprint density at radius 2 is 2.12 bits per heavy atom. The molecule has 6 heteroatoms. The third-order valence-corrected chi connectivity index (χ3v) is 4.99. The van der Waals surface area contributed by atoms with Crippen LogP contribution >= 0.6 is 0 Å². The van der Waals surface area contributed by atoms with Crippen molar-refractivity contribution in [2.24, 2.45) is 5.73 Å². The normalized spacial score (nSPS) is 16.5. The molecule has 0 bridgehead atoms. The van der Waals surface area contributed by atoms with Crippen molar-refractivity contribution >= 4 is 10.0 Å². The van der Waals surface area contributed by atoms with Gasteiger partial charge in [-0.2, -0.15) is 4.31 Å². The minimum Gasteiger partial charge on any atom is -0.326 e. The topological polar surface area (TPSA) is 63.4 Å². The Morgan fingerprint density at radius 3 is 2.65 bits per heavy atom. The van der Waals surface area contributed by atoms with Crippen LogP contribution < -0.4 is 5.73 Å². The predicted octanol–water partition coefficient (Wildman–Crippen LogP) is 1.07. The summed E-state index contributed by atoms with van der Waals surface area (Å²) in [7, 11) is -2.10. The fourth-order valence-corrected chi connectivity index (χ4v) is 3.42. The zero-order valence-corrected chi connectivity index (χ0v) is 10.4. The quantitative estimate of drug-likeness (QED) is 0.878. The number of benzene rings is 1. The Kier molecular flexibility index (Phi) is 3.20. The van der Waals surface area contributed by atoms with Gasteiger partial charge in [0.2, 0.25) is 10.0 Å². The summed E-state index contributed by atoms with van der Waals surface area (Å²) in [6.07, 6.45) is 1.73. The first-order valence-electron chi connectivity index (χ1n) is 5.44. The zero-order chi connectivity index (χ0) is 12.6. The average molecular weight is 258 g/mol. The van der Waals surface area contributed by atoms with Crippen LogP contribution in [0.5, 0.6) is 0 Å². The third-order valence-electron chi connectivity index (χ3n) is 3.00. The van der Waals surface area contributed by atoms with Crippen molar-refractivity contribution in [2.75, 3.05) is 7.05 Å². The molecule has 0 unspecified atom stereocenters. The second kappa shape index (κ2) is 4.36. The van der Waals surface area contributed by atoms with Gasteiger partial charge in [0, 0.05) is 25.2 Å². The molecule has 0 heterocycles. The summed E-state index contributed by atoms with van der Waals surface area (Å²) < 4.78 is 39.3. The van der Waals surface area contributed by atoms with E-state index in [1.165, 1.54) is 29.6 Å². The first-order valence-corrected chi connectivity index (χ1v) is 6.88. The van der Waals surface area contributed by atoms with Gasteiger partial charge in [-0.15, -0.1) is 0 Å². The number of rotatable bonds is 4. The highest BCUT2D eigenvalue weighted by Gasteiger charge is 2.36. The van der Waals surface area contributed by atoms with Crippen molar-refractivity contribution < 1.29 is 12.8 Å². The Bertz CT molecular complexity index is 526. The van der Waals surface area contributed by atoms with E-state index in [1.807, 2.05) is 0 Å². The van der Waals surface area contributed by atoms with Crippen LogP contribution in [-0.4, -0.2) is 25.8 Å². The van der Waals surface area contributed by atoms with Crippen molar-refractivity contribution in [2.45, 2.75) is 30.3 Å². The van der Waals surface area contributed by atoms with Crippen LogP contribution in [0.3, 0.4) is 0 Å². The Hall–Kier alpha value is -0.980. The Balaban J connectivity index is 2.49. The van der Waals surface area contributed by atoms with E-state index in [1.54, 1.807) is 0 Å². The number of hydrogen-bond donors (Lipinski definition) is 1. The van der Waals surface area contributed by atoms with E-state index in [-0.39, 0.29) is 23.0 Å². The first kappa shape index (κ1) is 12.5. The maximum atomic E-state index is 13.5. The summed E-state index contributed by atoms with van der Waals surface area (Å²) in [6, 6.07) is 4.06. The van der Waals surface area contributed by atoms with E-state index in [0.717, 1.165) is 12.8 Å². The second-order valence-electron chi connectivity index (χ2n) is 4.17. The van der Waals surface area contributed by atoms with Crippen LogP contribution in [0.15, 0.2) is 23.1 Å². The molecule has 2 N–H and O–H groups in total. The van der Waals surface area contributed by atoms with Gasteiger partial charge in [-0.1, -0.05) is 6.07 Å². The molecular weight excluding hydrogens is 243 g/mol. The molecule has 1 fully saturated rings. The summed E-state index contributed by atoms with van der Waals surface area (Å²) in [6.45, 7) is -0.125. The van der Waals surface area contributed by atoms with Crippen LogP contribution in [0, 0.1) is 5.82 Å². The molecule has 4 nitrogen and oxygen atoms in total. The van der Waals surface area contributed by atoms with E-state index < -0.39 is 15.8 Å². The van der Waals surface area contributed by atoms with E-state index in [0.29, 0.717) is 0 Å². The minimum absolute atomic E-state index is 0.0191. The van der Waals surface area contributed by atoms with Crippen molar-refractivity contribution in [3.05, 3.63) is 29.6 Å². The zero-order valence-electron chi connectivity index (χ0n) is 9.56. The first-order chi connectivity index (χ1) is 7.98. The number of nitrogens with two attached hydrogens (primary N) is 1. The molecule has 2 rings (SSSR count). The maximum absolute atomic E-state index is 13.5. The predicted molar refractivity (Wildman–Crippen MR) is 62.3 cm³/mol. The van der Waals surface area contributed by atoms with Crippen LogP contribution in [0.2, 0.25) is 0 Å². The molecule has 0 aliphatic heterocycles. The largest absolute Gasteiger partial charge is 0.326 e. The van der Waals surface area contributed by atoms with Gasteiger partial charge in [0.05, 0.1) is 4.90 Å². The lowest BCUT2D eigenvalue weighted by Gasteiger charge is -2.18. The molecule has 0 saturated heterocycles. The molecule has 1 aromatic carbocycles. The summed E-state index contributed by atoms with van der Waals surface area (Å²) >= 11 is 0.